The zero-order chi connectivity index (χ0) is 17.5. The number of pyridine rings is 1. The molecule has 1 aliphatic rings. The van der Waals surface area contributed by atoms with E-state index in [1.165, 1.54) is 31.2 Å². The van der Waals surface area contributed by atoms with Crippen molar-refractivity contribution in [3.8, 4) is 11.3 Å². The summed E-state index contributed by atoms with van der Waals surface area (Å²) in [5.41, 5.74) is 3.43. The summed E-state index contributed by atoms with van der Waals surface area (Å²) in [7, 11) is 0. The predicted octanol–water partition coefficient (Wildman–Crippen LogP) is 5.58. The number of thioether (sulfide) groups is 1. The van der Waals surface area contributed by atoms with Gasteiger partial charge in [-0.1, -0.05) is 43.2 Å². The number of hydrogen-bond donors (Lipinski definition) is 1. The molecule has 0 bridgehead atoms. The molecular formula is C21H25NO2S. The van der Waals surface area contributed by atoms with Crippen molar-refractivity contribution in [1.82, 2.24) is 4.98 Å². The third kappa shape index (κ3) is 5.60. The average molecular weight is 356 g/mol. The molecule has 1 aromatic carbocycles. The van der Waals surface area contributed by atoms with Crippen LogP contribution < -0.4 is 0 Å². The molecule has 1 fully saturated rings. The topological polar surface area (TPSA) is 50.2 Å². The van der Waals surface area contributed by atoms with Crippen molar-refractivity contribution in [3.63, 3.8) is 0 Å². The van der Waals surface area contributed by atoms with E-state index in [1.807, 2.05) is 11.8 Å². The average Bonchev–Trinajstić information content (AvgIpc) is 3.12. The minimum absolute atomic E-state index is 0.257. The third-order valence-electron chi connectivity index (χ3n) is 4.67. The number of aryl methyl sites for hydroxylation is 1. The summed E-state index contributed by atoms with van der Waals surface area (Å²) in [5, 5.41) is 10.5. The molecule has 1 aliphatic carbocycles. The van der Waals surface area contributed by atoms with Gasteiger partial charge in [0.15, 0.2) is 0 Å². The SMILES string of the molecule is O=C(O)CCCCc1ccc(-c2cccc(SC3CCCC3)n2)cc1. The number of carbonyl (C=O) groups is 1. The first-order chi connectivity index (χ1) is 12.2. The summed E-state index contributed by atoms with van der Waals surface area (Å²) in [6.45, 7) is 0. The van der Waals surface area contributed by atoms with Crippen molar-refractivity contribution >= 4 is 17.7 Å². The van der Waals surface area contributed by atoms with Crippen molar-refractivity contribution in [2.75, 3.05) is 0 Å². The quantitative estimate of drug-likeness (QED) is 0.628. The lowest BCUT2D eigenvalue weighted by Crippen LogP contribution is -1.96. The van der Waals surface area contributed by atoms with Gasteiger partial charge in [0.25, 0.3) is 0 Å². The molecule has 4 heteroatoms. The number of unbranched alkanes of at least 4 members (excludes halogenated alkanes) is 1. The summed E-state index contributed by atoms with van der Waals surface area (Å²) in [6, 6.07) is 14.8. The molecule has 1 heterocycles. The maximum Gasteiger partial charge on any atom is 0.303 e. The van der Waals surface area contributed by atoms with Gasteiger partial charge < -0.3 is 5.11 Å². The van der Waals surface area contributed by atoms with Crippen LogP contribution in [0.4, 0.5) is 0 Å². The number of benzene rings is 1. The van der Waals surface area contributed by atoms with Crippen LogP contribution in [0.3, 0.4) is 0 Å². The molecule has 2 aromatic rings. The Kier molecular flexibility index (Phi) is 6.51. The van der Waals surface area contributed by atoms with E-state index in [2.05, 4.69) is 42.5 Å². The lowest BCUT2D eigenvalue weighted by molar-refractivity contribution is -0.137. The molecule has 1 aromatic heterocycles. The summed E-state index contributed by atoms with van der Waals surface area (Å²) in [5.74, 6) is -0.711. The Morgan fingerprint density at radius 1 is 1.08 bits per heavy atom. The number of carboxylic acid groups (broad SMARTS) is 1. The molecule has 0 unspecified atom stereocenters. The van der Waals surface area contributed by atoms with E-state index in [4.69, 9.17) is 10.1 Å². The fourth-order valence-electron chi connectivity index (χ4n) is 3.27. The highest BCUT2D eigenvalue weighted by molar-refractivity contribution is 7.99. The van der Waals surface area contributed by atoms with Gasteiger partial charge in [0.2, 0.25) is 0 Å². The number of nitrogens with zero attached hydrogens (tertiary/aromatic N) is 1. The molecule has 132 valence electrons. The van der Waals surface area contributed by atoms with E-state index in [1.54, 1.807) is 0 Å². The van der Waals surface area contributed by atoms with E-state index in [0.717, 1.165) is 40.8 Å². The smallest absolute Gasteiger partial charge is 0.303 e. The molecule has 1 N–H and O–H groups in total. The van der Waals surface area contributed by atoms with Crippen molar-refractivity contribution in [1.29, 1.82) is 0 Å². The first-order valence-electron chi connectivity index (χ1n) is 9.15. The second kappa shape index (κ2) is 9.04. The minimum atomic E-state index is -0.711. The summed E-state index contributed by atoms with van der Waals surface area (Å²) < 4.78 is 0. The standard InChI is InChI=1S/C21H25NO2S/c23-21(24)11-4-1-6-16-12-14-17(15-13-16)19-9-5-10-20(22-19)25-18-7-2-3-8-18/h5,9-10,12-15,18H,1-4,6-8,11H2,(H,23,24). The van der Waals surface area contributed by atoms with Crippen LogP contribution in [0.15, 0.2) is 47.5 Å². The zero-order valence-electron chi connectivity index (χ0n) is 14.5. The Hall–Kier alpha value is -1.81. The molecule has 3 nitrogen and oxygen atoms in total. The van der Waals surface area contributed by atoms with Gasteiger partial charge >= 0.3 is 5.97 Å². The Morgan fingerprint density at radius 2 is 1.84 bits per heavy atom. The van der Waals surface area contributed by atoms with Crippen LogP contribution >= 0.6 is 11.8 Å². The highest BCUT2D eigenvalue weighted by atomic mass is 32.2. The monoisotopic (exact) mass is 355 g/mol. The molecule has 25 heavy (non-hydrogen) atoms. The first-order valence-corrected chi connectivity index (χ1v) is 10.0. The summed E-state index contributed by atoms with van der Waals surface area (Å²) in [4.78, 5) is 15.4. The van der Waals surface area contributed by atoms with Crippen molar-refractivity contribution in [2.45, 2.75) is 61.6 Å². The van der Waals surface area contributed by atoms with Crippen LogP contribution in [0, 0.1) is 0 Å². The lowest BCUT2D eigenvalue weighted by Gasteiger charge is -2.09. The van der Waals surface area contributed by atoms with Crippen LogP contribution in [0.25, 0.3) is 11.3 Å². The zero-order valence-corrected chi connectivity index (χ0v) is 15.3. The van der Waals surface area contributed by atoms with E-state index >= 15 is 0 Å². The molecule has 0 atom stereocenters. The maximum atomic E-state index is 10.5. The van der Waals surface area contributed by atoms with Gasteiger partial charge in [0.05, 0.1) is 10.7 Å². The van der Waals surface area contributed by atoms with E-state index in [9.17, 15) is 4.79 Å². The highest BCUT2D eigenvalue weighted by Crippen LogP contribution is 2.34. The summed E-state index contributed by atoms with van der Waals surface area (Å²) >= 11 is 1.92. The van der Waals surface area contributed by atoms with Crippen LogP contribution in [0.5, 0.6) is 0 Å². The van der Waals surface area contributed by atoms with Crippen LogP contribution in [0.2, 0.25) is 0 Å². The fourth-order valence-corrected chi connectivity index (χ4v) is 4.48. The molecule has 3 rings (SSSR count). The van der Waals surface area contributed by atoms with Gasteiger partial charge in [-0.3, -0.25) is 4.79 Å². The second-order valence-electron chi connectivity index (χ2n) is 6.68. The molecule has 0 aliphatic heterocycles. The van der Waals surface area contributed by atoms with Crippen LogP contribution in [0.1, 0.15) is 50.5 Å². The summed E-state index contributed by atoms with van der Waals surface area (Å²) in [6.07, 6.45) is 8.17. The minimum Gasteiger partial charge on any atom is -0.481 e. The molecule has 1 saturated carbocycles. The Morgan fingerprint density at radius 3 is 2.56 bits per heavy atom. The van der Waals surface area contributed by atoms with Gasteiger partial charge in [-0.2, -0.15) is 0 Å². The van der Waals surface area contributed by atoms with E-state index < -0.39 is 5.97 Å². The van der Waals surface area contributed by atoms with Gasteiger partial charge in [-0.15, -0.1) is 11.8 Å². The fraction of sp³-hybridized carbons (Fsp3) is 0.429. The molecule has 0 amide bonds. The maximum absolute atomic E-state index is 10.5. The number of carboxylic acids is 1. The molecule has 0 spiro atoms. The van der Waals surface area contributed by atoms with Crippen LogP contribution in [-0.2, 0) is 11.2 Å². The predicted molar refractivity (Wildman–Crippen MR) is 103 cm³/mol. The van der Waals surface area contributed by atoms with E-state index in [-0.39, 0.29) is 6.42 Å². The number of aromatic nitrogens is 1. The first kappa shape index (κ1) is 18.0. The Bertz CT molecular complexity index is 693. The number of hydrogen-bond acceptors (Lipinski definition) is 3. The van der Waals surface area contributed by atoms with Crippen molar-refractivity contribution < 1.29 is 9.90 Å². The largest absolute Gasteiger partial charge is 0.481 e. The Balaban J connectivity index is 1.58. The normalized spacial score (nSPS) is 14.7. The number of rotatable bonds is 8. The molecule has 0 radical (unpaired) electrons. The molecule has 0 saturated heterocycles. The second-order valence-corrected chi connectivity index (χ2v) is 8.00. The third-order valence-corrected chi connectivity index (χ3v) is 5.94. The lowest BCUT2D eigenvalue weighted by atomic mass is 10.0. The van der Waals surface area contributed by atoms with Gasteiger partial charge in [-0.05, 0) is 49.8 Å². The van der Waals surface area contributed by atoms with Crippen molar-refractivity contribution in [2.24, 2.45) is 0 Å². The van der Waals surface area contributed by atoms with Crippen LogP contribution in [-0.4, -0.2) is 21.3 Å². The van der Waals surface area contributed by atoms with Gasteiger partial charge in [-0.25, -0.2) is 4.98 Å². The van der Waals surface area contributed by atoms with Crippen molar-refractivity contribution in [3.05, 3.63) is 48.0 Å². The Labute approximate surface area is 153 Å². The highest BCUT2D eigenvalue weighted by Gasteiger charge is 2.16. The number of aliphatic carboxylic acids is 1. The van der Waals surface area contributed by atoms with Gasteiger partial charge in [0.1, 0.15) is 0 Å². The van der Waals surface area contributed by atoms with E-state index in [0.29, 0.717) is 0 Å². The van der Waals surface area contributed by atoms with Gasteiger partial charge in [0, 0.05) is 17.2 Å². The molecular weight excluding hydrogens is 330 g/mol.